The number of benzene rings is 1. The van der Waals surface area contributed by atoms with E-state index in [1.807, 2.05) is 6.92 Å². The Morgan fingerprint density at radius 3 is 2.72 bits per heavy atom. The molecule has 1 aromatic rings. The molecule has 2 rings (SSSR count). The summed E-state index contributed by atoms with van der Waals surface area (Å²) in [5.74, 6) is 0. The molecule has 0 radical (unpaired) electrons. The second kappa shape index (κ2) is 5.57. The summed E-state index contributed by atoms with van der Waals surface area (Å²) in [7, 11) is -3.50. The van der Waals surface area contributed by atoms with E-state index in [2.05, 4.69) is 5.32 Å². The summed E-state index contributed by atoms with van der Waals surface area (Å²) in [6.45, 7) is 3.88. The molecule has 0 aliphatic carbocycles. The third-order valence-electron chi connectivity index (χ3n) is 3.18. The van der Waals surface area contributed by atoms with Gasteiger partial charge in [0, 0.05) is 19.1 Å². The number of halogens is 1. The van der Waals surface area contributed by atoms with Crippen molar-refractivity contribution in [1.29, 1.82) is 0 Å². The Kier molecular flexibility index (Phi) is 4.27. The maximum atomic E-state index is 12.6. The van der Waals surface area contributed by atoms with Crippen LogP contribution in [-0.2, 0) is 10.0 Å². The molecule has 18 heavy (non-hydrogen) atoms. The third kappa shape index (κ3) is 2.54. The predicted molar refractivity (Wildman–Crippen MR) is 72.3 cm³/mol. The van der Waals surface area contributed by atoms with E-state index in [1.165, 1.54) is 4.31 Å². The molecule has 0 spiro atoms. The van der Waals surface area contributed by atoms with Crippen molar-refractivity contribution < 1.29 is 8.42 Å². The van der Waals surface area contributed by atoms with Gasteiger partial charge in [-0.05, 0) is 25.1 Å². The van der Waals surface area contributed by atoms with Crippen molar-refractivity contribution in [1.82, 2.24) is 9.62 Å². The summed E-state index contributed by atoms with van der Waals surface area (Å²) in [6, 6.07) is 6.61. The van der Waals surface area contributed by atoms with Gasteiger partial charge in [0.05, 0.1) is 5.02 Å². The lowest BCUT2D eigenvalue weighted by Crippen LogP contribution is -2.41. The van der Waals surface area contributed by atoms with E-state index in [0.29, 0.717) is 13.1 Å². The summed E-state index contributed by atoms with van der Waals surface area (Å²) in [4.78, 5) is 0.195. The van der Waals surface area contributed by atoms with Crippen LogP contribution in [0.25, 0.3) is 0 Å². The Labute approximate surface area is 113 Å². The highest BCUT2D eigenvalue weighted by Crippen LogP contribution is 2.26. The average Bonchev–Trinajstić information content (AvgIpc) is 2.83. The van der Waals surface area contributed by atoms with E-state index in [4.69, 9.17) is 11.6 Å². The molecule has 4 nitrogen and oxygen atoms in total. The van der Waals surface area contributed by atoms with Gasteiger partial charge in [-0.2, -0.15) is 4.31 Å². The van der Waals surface area contributed by atoms with Crippen LogP contribution in [0.2, 0.25) is 5.02 Å². The first-order valence-corrected chi connectivity index (χ1v) is 7.86. The maximum Gasteiger partial charge on any atom is 0.244 e. The van der Waals surface area contributed by atoms with Crippen molar-refractivity contribution in [3.63, 3.8) is 0 Å². The molecule has 1 heterocycles. The second-order valence-corrected chi connectivity index (χ2v) is 6.55. The highest BCUT2D eigenvalue weighted by molar-refractivity contribution is 7.89. The summed E-state index contributed by atoms with van der Waals surface area (Å²) in [5, 5.41) is 3.47. The summed E-state index contributed by atoms with van der Waals surface area (Å²) >= 11 is 6.00. The van der Waals surface area contributed by atoms with Crippen LogP contribution >= 0.6 is 11.6 Å². The van der Waals surface area contributed by atoms with Gasteiger partial charge in [-0.15, -0.1) is 0 Å². The zero-order valence-corrected chi connectivity index (χ0v) is 11.8. The number of nitrogens with one attached hydrogen (secondary N) is 1. The van der Waals surface area contributed by atoms with Crippen LogP contribution in [-0.4, -0.2) is 38.4 Å². The summed E-state index contributed by atoms with van der Waals surface area (Å²) < 4.78 is 26.7. The lowest BCUT2D eigenvalue weighted by molar-refractivity contribution is 0.349. The van der Waals surface area contributed by atoms with Crippen LogP contribution in [0.1, 0.15) is 13.3 Å². The first kappa shape index (κ1) is 13.8. The number of nitrogens with zero attached hydrogens (tertiary/aromatic N) is 1. The molecule has 1 aliphatic rings. The van der Waals surface area contributed by atoms with Crippen LogP contribution in [0.5, 0.6) is 0 Å². The molecule has 1 saturated heterocycles. The highest BCUT2D eigenvalue weighted by atomic mass is 35.5. The van der Waals surface area contributed by atoms with Gasteiger partial charge in [0.1, 0.15) is 4.90 Å². The number of hydrogen-bond donors (Lipinski definition) is 1. The fraction of sp³-hybridized carbons (Fsp3) is 0.500. The van der Waals surface area contributed by atoms with E-state index < -0.39 is 10.0 Å². The molecule has 6 heteroatoms. The Morgan fingerprint density at radius 1 is 1.44 bits per heavy atom. The normalized spacial score (nSPS) is 20.5. The second-order valence-electron chi connectivity index (χ2n) is 4.29. The van der Waals surface area contributed by atoms with Crippen molar-refractivity contribution in [3.8, 4) is 0 Å². The van der Waals surface area contributed by atoms with Gasteiger partial charge in [0.15, 0.2) is 0 Å². The molecule has 0 amide bonds. The van der Waals surface area contributed by atoms with Gasteiger partial charge < -0.3 is 5.32 Å². The molecule has 0 bridgehead atoms. The number of hydrogen-bond acceptors (Lipinski definition) is 3. The molecule has 1 fully saturated rings. The molecule has 1 aliphatic heterocycles. The van der Waals surface area contributed by atoms with Crippen molar-refractivity contribution in [2.24, 2.45) is 0 Å². The zero-order valence-electron chi connectivity index (χ0n) is 10.3. The molecule has 1 N–H and O–H groups in total. The van der Waals surface area contributed by atoms with E-state index in [-0.39, 0.29) is 16.0 Å². The summed E-state index contributed by atoms with van der Waals surface area (Å²) in [6.07, 6.45) is 0.845. The van der Waals surface area contributed by atoms with Crippen molar-refractivity contribution in [2.45, 2.75) is 24.3 Å². The minimum atomic E-state index is -3.50. The first-order valence-electron chi connectivity index (χ1n) is 6.04. The fourth-order valence-electron chi connectivity index (χ4n) is 2.29. The summed E-state index contributed by atoms with van der Waals surface area (Å²) in [5.41, 5.74) is 0. The van der Waals surface area contributed by atoms with Gasteiger partial charge in [-0.25, -0.2) is 8.42 Å². The molecular weight excluding hydrogens is 272 g/mol. The SMILES string of the molecule is CCN(C1CCNC1)S(=O)(=O)c1ccccc1Cl. The van der Waals surface area contributed by atoms with Gasteiger partial charge in [-0.1, -0.05) is 30.7 Å². The molecule has 1 unspecified atom stereocenters. The van der Waals surface area contributed by atoms with Crippen LogP contribution in [0, 0.1) is 0 Å². The number of likely N-dealkylation sites (N-methyl/N-ethyl adjacent to an activating group) is 1. The largest absolute Gasteiger partial charge is 0.315 e. The Morgan fingerprint density at radius 2 is 2.17 bits per heavy atom. The molecular formula is C12H17ClN2O2S. The van der Waals surface area contributed by atoms with Crippen LogP contribution in [0.15, 0.2) is 29.2 Å². The molecule has 0 aromatic heterocycles. The number of rotatable bonds is 4. The van der Waals surface area contributed by atoms with Crippen LogP contribution in [0.4, 0.5) is 0 Å². The molecule has 100 valence electrons. The fourth-order valence-corrected chi connectivity index (χ4v) is 4.45. The topological polar surface area (TPSA) is 49.4 Å². The Hall–Kier alpha value is -0.620. The van der Waals surface area contributed by atoms with E-state index in [0.717, 1.165) is 13.0 Å². The minimum absolute atomic E-state index is 0.0243. The zero-order chi connectivity index (χ0) is 13.2. The van der Waals surface area contributed by atoms with Gasteiger partial charge in [0.25, 0.3) is 0 Å². The van der Waals surface area contributed by atoms with Gasteiger partial charge in [-0.3, -0.25) is 0 Å². The lowest BCUT2D eigenvalue weighted by Gasteiger charge is -2.26. The maximum absolute atomic E-state index is 12.6. The smallest absolute Gasteiger partial charge is 0.244 e. The van der Waals surface area contributed by atoms with Crippen molar-refractivity contribution in [3.05, 3.63) is 29.3 Å². The minimum Gasteiger partial charge on any atom is -0.315 e. The molecule has 1 atom stereocenters. The van der Waals surface area contributed by atoms with E-state index in [1.54, 1.807) is 24.3 Å². The highest BCUT2D eigenvalue weighted by Gasteiger charge is 2.32. The Bertz CT molecular complexity index is 513. The Balaban J connectivity index is 2.37. The quantitative estimate of drug-likeness (QED) is 0.918. The van der Waals surface area contributed by atoms with Crippen molar-refractivity contribution >= 4 is 21.6 Å². The number of sulfonamides is 1. The van der Waals surface area contributed by atoms with Crippen LogP contribution < -0.4 is 5.32 Å². The first-order chi connectivity index (χ1) is 8.57. The van der Waals surface area contributed by atoms with Gasteiger partial charge in [0.2, 0.25) is 10.0 Å². The molecule has 0 saturated carbocycles. The lowest BCUT2D eigenvalue weighted by atomic mass is 10.3. The molecule has 1 aromatic carbocycles. The predicted octanol–water partition coefficient (Wildman–Crippen LogP) is 1.71. The average molecular weight is 289 g/mol. The van der Waals surface area contributed by atoms with E-state index in [9.17, 15) is 8.42 Å². The standard InChI is InChI=1S/C12H17ClN2O2S/c1-2-15(10-7-8-14-9-10)18(16,17)12-6-4-3-5-11(12)13/h3-6,10,14H,2,7-9H2,1H3. The van der Waals surface area contributed by atoms with E-state index >= 15 is 0 Å². The van der Waals surface area contributed by atoms with Crippen LogP contribution in [0.3, 0.4) is 0 Å². The third-order valence-corrected chi connectivity index (χ3v) is 5.70. The monoisotopic (exact) mass is 288 g/mol. The van der Waals surface area contributed by atoms with Gasteiger partial charge >= 0.3 is 0 Å². The van der Waals surface area contributed by atoms with Crippen molar-refractivity contribution in [2.75, 3.05) is 19.6 Å².